The zero-order chi connectivity index (χ0) is 21.3. The van der Waals surface area contributed by atoms with Gasteiger partial charge in [0.2, 0.25) is 11.9 Å². The summed E-state index contributed by atoms with van der Waals surface area (Å²) in [7, 11) is 0. The zero-order valence-corrected chi connectivity index (χ0v) is 17.5. The minimum Gasteiger partial charge on any atom is -0.392 e. The molecule has 2 atom stereocenters. The van der Waals surface area contributed by atoms with E-state index in [1.807, 2.05) is 13.1 Å². The van der Waals surface area contributed by atoms with Crippen LogP contribution in [0.1, 0.15) is 31.0 Å². The number of carbonyl (C=O) groups excluding carboxylic acids is 1. The largest absolute Gasteiger partial charge is 0.392 e. The van der Waals surface area contributed by atoms with E-state index in [0.717, 1.165) is 5.56 Å². The SMILES string of the molecule is CCOCCn1cc2c(C3C(=O)Nc4ccc(Cl)cc43)nc(NC[C@@H](C)O)nc2n1. The number of aromatic nitrogens is 4. The fourth-order valence-electron chi connectivity index (χ4n) is 3.43. The van der Waals surface area contributed by atoms with Crippen LogP contribution in [0.3, 0.4) is 0 Å². The van der Waals surface area contributed by atoms with Gasteiger partial charge >= 0.3 is 0 Å². The van der Waals surface area contributed by atoms with Gasteiger partial charge in [-0.3, -0.25) is 9.48 Å². The molecule has 3 N–H and O–H groups in total. The Balaban J connectivity index is 1.80. The number of carbonyl (C=O) groups is 1. The summed E-state index contributed by atoms with van der Waals surface area (Å²) >= 11 is 6.19. The summed E-state index contributed by atoms with van der Waals surface area (Å²) < 4.78 is 7.15. The van der Waals surface area contributed by atoms with E-state index in [1.54, 1.807) is 29.8 Å². The third-order valence-electron chi connectivity index (χ3n) is 4.80. The van der Waals surface area contributed by atoms with E-state index in [4.69, 9.17) is 16.3 Å². The van der Waals surface area contributed by atoms with E-state index in [2.05, 4.69) is 25.7 Å². The highest BCUT2D eigenvalue weighted by atomic mass is 35.5. The lowest BCUT2D eigenvalue weighted by atomic mass is 9.95. The third-order valence-corrected chi connectivity index (χ3v) is 5.03. The lowest BCUT2D eigenvalue weighted by Crippen LogP contribution is -2.19. The number of amides is 1. The molecule has 1 unspecified atom stereocenters. The van der Waals surface area contributed by atoms with Crippen LogP contribution >= 0.6 is 11.6 Å². The quantitative estimate of drug-likeness (QED) is 0.470. The van der Waals surface area contributed by atoms with Crippen LogP contribution in [-0.4, -0.2) is 56.6 Å². The van der Waals surface area contributed by atoms with E-state index in [-0.39, 0.29) is 12.5 Å². The second-order valence-corrected chi connectivity index (χ2v) is 7.58. The highest BCUT2D eigenvalue weighted by molar-refractivity contribution is 6.31. The fourth-order valence-corrected chi connectivity index (χ4v) is 3.61. The maximum absolute atomic E-state index is 12.9. The molecule has 9 nitrogen and oxygen atoms in total. The highest BCUT2D eigenvalue weighted by Gasteiger charge is 2.35. The molecule has 10 heteroatoms. The van der Waals surface area contributed by atoms with Gasteiger partial charge in [-0.25, -0.2) is 4.98 Å². The summed E-state index contributed by atoms with van der Waals surface area (Å²) in [5.74, 6) is -0.520. The summed E-state index contributed by atoms with van der Waals surface area (Å²) in [6.07, 6.45) is 1.25. The van der Waals surface area contributed by atoms with Crippen molar-refractivity contribution in [1.29, 1.82) is 0 Å². The minimum atomic E-state index is -0.638. The summed E-state index contributed by atoms with van der Waals surface area (Å²) in [6.45, 7) is 5.57. The molecule has 1 amide bonds. The maximum atomic E-state index is 12.9. The van der Waals surface area contributed by atoms with Crippen molar-refractivity contribution in [3.8, 4) is 0 Å². The van der Waals surface area contributed by atoms with Gasteiger partial charge in [-0.15, -0.1) is 0 Å². The monoisotopic (exact) mass is 430 g/mol. The molecule has 0 saturated heterocycles. The first kappa shape index (κ1) is 20.5. The van der Waals surface area contributed by atoms with Gasteiger partial charge in [-0.1, -0.05) is 11.6 Å². The number of nitrogens with one attached hydrogen (secondary N) is 2. The van der Waals surface area contributed by atoms with E-state index < -0.39 is 12.0 Å². The van der Waals surface area contributed by atoms with Crippen LogP contribution in [0.25, 0.3) is 11.0 Å². The molecule has 3 heterocycles. The van der Waals surface area contributed by atoms with Gasteiger partial charge < -0.3 is 20.5 Å². The second-order valence-electron chi connectivity index (χ2n) is 7.14. The van der Waals surface area contributed by atoms with Crippen LogP contribution in [0.5, 0.6) is 0 Å². The molecule has 0 saturated carbocycles. The highest BCUT2D eigenvalue weighted by Crippen LogP contribution is 2.40. The molecule has 2 aromatic heterocycles. The van der Waals surface area contributed by atoms with Gasteiger partial charge in [0.25, 0.3) is 0 Å². The molecule has 0 bridgehead atoms. The number of anilines is 2. The number of aliphatic hydroxyl groups is 1. The van der Waals surface area contributed by atoms with E-state index in [1.165, 1.54) is 0 Å². The van der Waals surface area contributed by atoms with Gasteiger partial charge in [-0.05, 0) is 37.6 Å². The number of benzene rings is 1. The van der Waals surface area contributed by atoms with E-state index in [0.29, 0.717) is 53.1 Å². The molecule has 0 fully saturated rings. The Labute approximate surface area is 178 Å². The topological polar surface area (TPSA) is 114 Å². The van der Waals surface area contributed by atoms with Gasteiger partial charge in [-0.2, -0.15) is 10.1 Å². The smallest absolute Gasteiger partial charge is 0.238 e. The molecule has 1 aliphatic rings. The molecule has 3 aromatic rings. The molecule has 158 valence electrons. The Morgan fingerprint density at radius 3 is 3.00 bits per heavy atom. The number of halogens is 1. The van der Waals surface area contributed by atoms with Crippen molar-refractivity contribution in [2.24, 2.45) is 0 Å². The van der Waals surface area contributed by atoms with Crippen LogP contribution in [-0.2, 0) is 16.1 Å². The minimum absolute atomic E-state index is 0.184. The predicted octanol–water partition coefficient (Wildman–Crippen LogP) is 2.39. The molecule has 4 rings (SSSR count). The van der Waals surface area contributed by atoms with Crippen molar-refractivity contribution in [1.82, 2.24) is 19.7 Å². The van der Waals surface area contributed by atoms with Crippen molar-refractivity contribution >= 4 is 40.2 Å². The first-order valence-corrected chi connectivity index (χ1v) is 10.2. The Morgan fingerprint density at radius 2 is 2.23 bits per heavy atom. The molecular formula is C20H23ClN6O3. The van der Waals surface area contributed by atoms with Crippen molar-refractivity contribution in [2.75, 3.05) is 30.4 Å². The standard InChI is InChI=1S/C20H23ClN6O3/c1-3-30-7-6-27-10-14-17(24-20(22-9-11(2)28)25-18(14)26-27)16-13-8-12(21)4-5-15(13)23-19(16)29/h4-5,8,10-11,16,28H,3,6-7,9H2,1-2H3,(H,23,29)(H,22,25,26)/t11-,16?/m1/s1. The van der Waals surface area contributed by atoms with Crippen molar-refractivity contribution in [3.05, 3.63) is 40.7 Å². The lowest BCUT2D eigenvalue weighted by molar-refractivity contribution is -0.116. The fraction of sp³-hybridized carbons (Fsp3) is 0.400. The Morgan fingerprint density at radius 1 is 1.40 bits per heavy atom. The number of nitrogens with zero attached hydrogens (tertiary/aromatic N) is 4. The maximum Gasteiger partial charge on any atom is 0.238 e. The second kappa shape index (κ2) is 8.55. The summed E-state index contributed by atoms with van der Waals surface area (Å²) in [5, 5.41) is 21.3. The number of ether oxygens (including phenoxy) is 1. The number of hydrogen-bond acceptors (Lipinski definition) is 7. The molecule has 1 aliphatic heterocycles. The zero-order valence-electron chi connectivity index (χ0n) is 16.7. The van der Waals surface area contributed by atoms with E-state index >= 15 is 0 Å². The van der Waals surface area contributed by atoms with Crippen molar-refractivity contribution < 1.29 is 14.6 Å². The number of rotatable bonds is 8. The molecule has 30 heavy (non-hydrogen) atoms. The third kappa shape index (κ3) is 4.09. The lowest BCUT2D eigenvalue weighted by Gasteiger charge is -2.12. The van der Waals surface area contributed by atoms with Gasteiger partial charge in [0.05, 0.1) is 30.3 Å². The molecule has 0 spiro atoms. The summed E-state index contributed by atoms with van der Waals surface area (Å²) in [4.78, 5) is 21.9. The van der Waals surface area contributed by atoms with Crippen LogP contribution in [0.4, 0.5) is 11.6 Å². The van der Waals surface area contributed by atoms with Gasteiger partial charge in [0.15, 0.2) is 5.65 Å². The molecule has 0 aliphatic carbocycles. The van der Waals surface area contributed by atoms with Crippen molar-refractivity contribution in [2.45, 2.75) is 32.4 Å². The number of fused-ring (bicyclic) bond motifs is 2. The van der Waals surface area contributed by atoms with Crippen molar-refractivity contribution in [3.63, 3.8) is 0 Å². The Kier molecular flexibility index (Phi) is 5.85. The van der Waals surface area contributed by atoms with E-state index in [9.17, 15) is 9.90 Å². The van der Waals surface area contributed by atoms with Gasteiger partial charge in [0.1, 0.15) is 5.92 Å². The first-order chi connectivity index (χ1) is 14.5. The first-order valence-electron chi connectivity index (χ1n) is 9.81. The normalized spacial score (nSPS) is 16.5. The average molecular weight is 431 g/mol. The molecular weight excluding hydrogens is 408 g/mol. The number of aliphatic hydroxyl groups excluding tert-OH is 1. The Hall–Kier alpha value is -2.75. The van der Waals surface area contributed by atoms with Crippen LogP contribution < -0.4 is 10.6 Å². The molecule has 0 radical (unpaired) electrons. The van der Waals surface area contributed by atoms with Crippen LogP contribution in [0, 0.1) is 0 Å². The van der Waals surface area contributed by atoms with Gasteiger partial charge in [0, 0.05) is 30.1 Å². The van der Waals surface area contributed by atoms with Crippen LogP contribution in [0.15, 0.2) is 24.4 Å². The summed E-state index contributed by atoms with van der Waals surface area (Å²) in [6, 6.07) is 5.29. The number of hydrogen-bond donors (Lipinski definition) is 3. The predicted molar refractivity (Wildman–Crippen MR) is 114 cm³/mol. The van der Waals surface area contributed by atoms with Crippen LogP contribution in [0.2, 0.25) is 5.02 Å². The molecule has 1 aromatic carbocycles. The average Bonchev–Trinajstić information content (AvgIpc) is 3.25. The summed E-state index contributed by atoms with van der Waals surface area (Å²) in [5.41, 5.74) is 2.47. The Bertz CT molecular complexity index is 1080.